The van der Waals surface area contributed by atoms with Gasteiger partial charge in [0.15, 0.2) is 0 Å². The van der Waals surface area contributed by atoms with Gasteiger partial charge in [0.1, 0.15) is 0 Å². The van der Waals surface area contributed by atoms with Gasteiger partial charge in [0.2, 0.25) is 0 Å². The van der Waals surface area contributed by atoms with Crippen LogP contribution in [0.2, 0.25) is 0 Å². The normalized spacial score (nSPS) is 11.6. The third kappa shape index (κ3) is 1.33. The van der Waals surface area contributed by atoms with E-state index in [2.05, 4.69) is 4.57 Å². The fourth-order valence-electron chi connectivity index (χ4n) is 1.81. The second-order valence-corrected chi connectivity index (χ2v) is 3.50. The molecule has 15 heavy (non-hydrogen) atoms. The van der Waals surface area contributed by atoms with Crippen molar-refractivity contribution in [3.8, 4) is 5.69 Å². The van der Waals surface area contributed by atoms with Crippen molar-refractivity contribution in [2.24, 2.45) is 0 Å². The molecule has 0 aliphatic heterocycles. The number of aromatic nitrogens is 1. The van der Waals surface area contributed by atoms with Crippen molar-refractivity contribution in [2.75, 3.05) is 0 Å². The van der Waals surface area contributed by atoms with Gasteiger partial charge in [-0.05, 0) is 29.6 Å². The Morgan fingerprint density at radius 2 is 1.60 bits per heavy atom. The van der Waals surface area contributed by atoms with Crippen LogP contribution in [0.4, 0.5) is 0 Å². The second kappa shape index (κ2) is 3.28. The maximum Gasteiger partial charge on any atom is 0.0645 e. The highest BCUT2D eigenvalue weighted by atomic mass is 15.0. The number of para-hydroxylation sites is 2. The Morgan fingerprint density at radius 1 is 0.867 bits per heavy atom. The van der Waals surface area contributed by atoms with Crippen LogP contribution < -0.4 is 0 Å². The zero-order valence-corrected chi connectivity index (χ0v) is 8.22. The summed E-state index contributed by atoms with van der Waals surface area (Å²) in [5.74, 6) is 0. The summed E-state index contributed by atoms with van der Waals surface area (Å²) < 4.78 is 9.97. The molecule has 1 aromatic heterocycles. The summed E-state index contributed by atoms with van der Waals surface area (Å²) in [5, 5.41) is 0.992. The van der Waals surface area contributed by atoms with Crippen molar-refractivity contribution in [3.63, 3.8) is 0 Å². The van der Waals surface area contributed by atoms with Crippen LogP contribution in [0.25, 0.3) is 16.6 Å². The number of benzene rings is 2. The minimum atomic E-state index is 0.569. The van der Waals surface area contributed by atoms with E-state index in [4.69, 9.17) is 1.37 Å². The van der Waals surface area contributed by atoms with Gasteiger partial charge in [0.25, 0.3) is 0 Å². The predicted octanol–water partition coefficient (Wildman–Crippen LogP) is 3.63. The number of fused-ring (bicyclic) bond motifs is 1. The van der Waals surface area contributed by atoms with Gasteiger partial charge in [-0.25, -0.2) is 0 Å². The minimum absolute atomic E-state index is 0.569. The molecule has 0 atom stereocenters. The lowest BCUT2D eigenvalue weighted by atomic mass is 10.2. The number of hydrogen-bond donors (Lipinski definition) is 0. The standard InChI is InChI=1S/C14H11N/c1-2-7-13(8-3-1)15-11-10-12-6-4-5-9-14(12)15/h1-11H/i10D. The molecule has 0 spiro atoms. The Kier molecular flexibility index (Phi) is 1.60. The molecule has 0 amide bonds. The first-order valence-corrected chi connectivity index (χ1v) is 4.98. The molecule has 0 unspecified atom stereocenters. The van der Waals surface area contributed by atoms with Gasteiger partial charge in [0.05, 0.1) is 6.89 Å². The van der Waals surface area contributed by atoms with Crippen LogP contribution in [0.15, 0.2) is 66.8 Å². The predicted molar refractivity (Wildman–Crippen MR) is 63.3 cm³/mol. The highest BCUT2D eigenvalue weighted by Gasteiger charge is 2.00. The lowest BCUT2D eigenvalue weighted by Crippen LogP contribution is -1.89. The van der Waals surface area contributed by atoms with Crippen LogP contribution >= 0.6 is 0 Å². The molecule has 0 saturated carbocycles. The maximum atomic E-state index is 7.91. The van der Waals surface area contributed by atoms with E-state index in [1.54, 1.807) is 0 Å². The molecule has 2 aromatic carbocycles. The topological polar surface area (TPSA) is 4.93 Å². The van der Waals surface area contributed by atoms with Crippen molar-refractivity contribution >= 4 is 10.9 Å². The first kappa shape index (κ1) is 7.30. The fourth-order valence-corrected chi connectivity index (χ4v) is 1.81. The van der Waals surface area contributed by atoms with Gasteiger partial charge >= 0.3 is 0 Å². The Morgan fingerprint density at radius 3 is 2.47 bits per heavy atom. The molecule has 1 heteroatoms. The smallest absolute Gasteiger partial charge is 0.0645 e. The number of rotatable bonds is 1. The molecule has 72 valence electrons. The van der Waals surface area contributed by atoms with Crippen LogP contribution in [0.5, 0.6) is 0 Å². The van der Waals surface area contributed by atoms with Crippen LogP contribution in [0.1, 0.15) is 1.37 Å². The quantitative estimate of drug-likeness (QED) is 0.557. The molecule has 3 rings (SSSR count). The van der Waals surface area contributed by atoms with E-state index in [9.17, 15) is 0 Å². The molecule has 0 bridgehead atoms. The highest BCUT2D eigenvalue weighted by Crippen LogP contribution is 2.19. The second-order valence-electron chi connectivity index (χ2n) is 3.50. The lowest BCUT2D eigenvalue weighted by Gasteiger charge is -2.04. The van der Waals surface area contributed by atoms with E-state index in [1.807, 2.05) is 60.8 Å². The SMILES string of the molecule is [2H]c1cn(-c2ccccc2)c2ccccc12. The first-order valence-electron chi connectivity index (χ1n) is 5.48. The number of nitrogens with zero attached hydrogens (tertiary/aromatic N) is 1. The Hall–Kier alpha value is -2.02. The summed E-state index contributed by atoms with van der Waals surface area (Å²) in [4.78, 5) is 0. The van der Waals surface area contributed by atoms with E-state index in [0.717, 1.165) is 16.6 Å². The number of hydrogen-bond acceptors (Lipinski definition) is 0. The summed E-state index contributed by atoms with van der Waals surface area (Å²) in [6.07, 6.45) is 1.86. The molecule has 1 heterocycles. The third-order valence-corrected chi connectivity index (χ3v) is 2.55. The van der Waals surface area contributed by atoms with Crippen molar-refractivity contribution < 1.29 is 1.37 Å². The average molecular weight is 194 g/mol. The average Bonchev–Trinajstić information content (AvgIpc) is 2.69. The van der Waals surface area contributed by atoms with Crippen molar-refractivity contribution in [2.45, 2.75) is 0 Å². The molecule has 0 aliphatic carbocycles. The largest absolute Gasteiger partial charge is 0.317 e. The highest BCUT2D eigenvalue weighted by molar-refractivity contribution is 5.81. The summed E-state index contributed by atoms with van der Waals surface area (Å²) in [6, 6.07) is 18.7. The summed E-state index contributed by atoms with van der Waals surface area (Å²) in [6.45, 7) is 0. The van der Waals surface area contributed by atoms with Gasteiger partial charge in [0, 0.05) is 11.9 Å². The van der Waals surface area contributed by atoms with Gasteiger partial charge in [-0.3, -0.25) is 0 Å². The van der Waals surface area contributed by atoms with Crippen molar-refractivity contribution in [1.82, 2.24) is 4.57 Å². The molecule has 3 aromatic rings. The Balaban J connectivity index is 2.33. The van der Waals surface area contributed by atoms with Crippen LogP contribution in [-0.2, 0) is 0 Å². The van der Waals surface area contributed by atoms with Gasteiger partial charge in [-0.2, -0.15) is 0 Å². The zero-order chi connectivity index (χ0) is 11.0. The van der Waals surface area contributed by atoms with Gasteiger partial charge in [-0.1, -0.05) is 36.4 Å². The first-order chi connectivity index (χ1) is 7.86. The fraction of sp³-hybridized carbons (Fsp3) is 0. The monoisotopic (exact) mass is 194 g/mol. The van der Waals surface area contributed by atoms with Crippen molar-refractivity contribution in [3.05, 3.63) is 66.8 Å². The summed E-state index contributed by atoms with van der Waals surface area (Å²) >= 11 is 0. The van der Waals surface area contributed by atoms with E-state index >= 15 is 0 Å². The molecule has 0 N–H and O–H groups in total. The Bertz CT molecular complexity index is 626. The summed E-state index contributed by atoms with van der Waals surface area (Å²) in [7, 11) is 0. The zero-order valence-electron chi connectivity index (χ0n) is 9.22. The van der Waals surface area contributed by atoms with Crippen molar-refractivity contribution in [1.29, 1.82) is 0 Å². The van der Waals surface area contributed by atoms with Crippen LogP contribution in [-0.4, -0.2) is 4.57 Å². The minimum Gasteiger partial charge on any atom is -0.317 e. The molecule has 0 radical (unpaired) electrons. The van der Waals surface area contributed by atoms with Gasteiger partial charge < -0.3 is 4.57 Å². The van der Waals surface area contributed by atoms with Crippen LogP contribution in [0, 0.1) is 0 Å². The molecule has 1 nitrogen and oxygen atoms in total. The lowest BCUT2D eigenvalue weighted by molar-refractivity contribution is 1.13. The van der Waals surface area contributed by atoms with E-state index in [1.165, 1.54) is 0 Å². The molecular weight excluding hydrogens is 182 g/mol. The molecule has 0 aliphatic rings. The molecule has 0 saturated heterocycles. The van der Waals surface area contributed by atoms with E-state index in [0.29, 0.717) is 6.04 Å². The van der Waals surface area contributed by atoms with Gasteiger partial charge in [-0.15, -0.1) is 0 Å². The Labute approximate surface area is 90.0 Å². The summed E-state index contributed by atoms with van der Waals surface area (Å²) in [5.41, 5.74) is 2.18. The van der Waals surface area contributed by atoms with E-state index in [-0.39, 0.29) is 0 Å². The molecular formula is C14H11N. The van der Waals surface area contributed by atoms with E-state index < -0.39 is 0 Å². The maximum absolute atomic E-state index is 7.91. The third-order valence-electron chi connectivity index (χ3n) is 2.55. The molecule has 0 fully saturated rings. The van der Waals surface area contributed by atoms with Crippen LogP contribution in [0.3, 0.4) is 0 Å².